The molecule has 0 heterocycles. The Morgan fingerprint density at radius 3 is 2.45 bits per heavy atom. The number of carboxylic acids is 1. The molecule has 108 valence electrons. The minimum Gasteiger partial charge on any atom is -0.481 e. The first-order chi connectivity index (χ1) is 9.63. The molecule has 5 nitrogen and oxygen atoms in total. The zero-order valence-electron chi connectivity index (χ0n) is 11.6. The number of benzene rings is 1. The minimum atomic E-state index is -0.883. The Morgan fingerprint density at radius 1 is 1.15 bits per heavy atom. The molecule has 1 amide bonds. The molecule has 0 saturated carbocycles. The van der Waals surface area contributed by atoms with E-state index >= 15 is 0 Å². The van der Waals surface area contributed by atoms with Crippen LogP contribution in [-0.4, -0.2) is 22.7 Å². The largest absolute Gasteiger partial charge is 0.481 e. The number of rotatable bonds is 8. The van der Waals surface area contributed by atoms with Crippen LogP contribution in [0.25, 0.3) is 0 Å². The molecule has 0 fully saturated rings. The quantitative estimate of drug-likeness (QED) is 0.565. The van der Waals surface area contributed by atoms with Crippen LogP contribution in [-0.2, 0) is 9.59 Å². The molecule has 0 aliphatic heterocycles. The number of carbonyl (C=O) groups is 2. The SMILES string of the molecule is CCCCC(=O)N/N=C(\CCC(=O)O)c1ccccc1. The number of hydrazone groups is 1. The third-order valence-corrected chi connectivity index (χ3v) is 2.76. The number of carboxylic acid groups (broad SMARTS) is 1. The van der Waals surface area contributed by atoms with E-state index in [0.29, 0.717) is 12.1 Å². The van der Waals surface area contributed by atoms with Crippen LogP contribution in [0.3, 0.4) is 0 Å². The van der Waals surface area contributed by atoms with Gasteiger partial charge in [0.15, 0.2) is 0 Å². The van der Waals surface area contributed by atoms with Gasteiger partial charge in [-0.25, -0.2) is 5.43 Å². The summed E-state index contributed by atoms with van der Waals surface area (Å²) < 4.78 is 0. The third-order valence-electron chi connectivity index (χ3n) is 2.76. The van der Waals surface area contributed by atoms with Crippen LogP contribution < -0.4 is 5.43 Å². The van der Waals surface area contributed by atoms with Crippen LogP contribution in [0.2, 0.25) is 0 Å². The Bertz CT molecular complexity index is 469. The highest BCUT2D eigenvalue weighted by Gasteiger charge is 2.07. The molecule has 0 aliphatic carbocycles. The van der Waals surface area contributed by atoms with Crippen LogP contribution >= 0.6 is 0 Å². The highest BCUT2D eigenvalue weighted by molar-refractivity contribution is 6.02. The molecule has 1 aromatic carbocycles. The average Bonchev–Trinajstić information content (AvgIpc) is 2.45. The van der Waals surface area contributed by atoms with Gasteiger partial charge in [-0.1, -0.05) is 43.7 Å². The van der Waals surface area contributed by atoms with Gasteiger partial charge in [0.25, 0.3) is 0 Å². The Hall–Kier alpha value is -2.17. The summed E-state index contributed by atoms with van der Waals surface area (Å²) in [7, 11) is 0. The van der Waals surface area contributed by atoms with E-state index in [2.05, 4.69) is 10.5 Å². The maximum absolute atomic E-state index is 11.5. The topological polar surface area (TPSA) is 78.8 Å². The minimum absolute atomic E-state index is 0.0153. The Kier molecular flexibility index (Phi) is 7.03. The average molecular weight is 276 g/mol. The summed E-state index contributed by atoms with van der Waals surface area (Å²) in [5, 5.41) is 12.8. The van der Waals surface area contributed by atoms with Gasteiger partial charge >= 0.3 is 5.97 Å². The lowest BCUT2D eigenvalue weighted by Crippen LogP contribution is -2.20. The van der Waals surface area contributed by atoms with E-state index in [9.17, 15) is 9.59 Å². The van der Waals surface area contributed by atoms with Crippen molar-refractivity contribution in [2.75, 3.05) is 0 Å². The fourth-order valence-electron chi connectivity index (χ4n) is 1.64. The molecule has 20 heavy (non-hydrogen) atoms. The van der Waals surface area contributed by atoms with E-state index in [1.165, 1.54) is 0 Å². The van der Waals surface area contributed by atoms with Crippen LogP contribution in [0, 0.1) is 0 Å². The molecule has 0 radical (unpaired) electrons. The van der Waals surface area contributed by atoms with Crippen molar-refractivity contribution < 1.29 is 14.7 Å². The van der Waals surface area contributed by atoms with E-state index in [4.69, 9.17) is 5.11 Å². The number of hydrogen-bond donors (Lipinski definition) is 2. The van der Waals surface area contributed by atoms with E-state index in [1.54, 1.807) is 0 Å². The second-order valence-electron chi connectivity index (χ2n) is 4.46. The lowest BCUT2D eigenvalue weighted by atomic mass is 10.1. The maximum Gasteiger partial charge on any atom is 0.303 e. The Labute approximate surface area is 118 Å². The number of amides is 1. The predicted molar refractivity (Wildman–Crippen MR) is 77.5 cm³/mol. The molecular formula is C15H20N2O3. The molecule has 1 rings (SSSR count). The highest BCUT2D eigenvalue weighted by atomic mass is 16.4. The number of hydrogen-bond acceptors (Lipinski definition) is 3. The van der Waals surface area contributed by atoms with Crippen molar-refractivity contribution in [1.82, 2.24) is 5.43 Å². The molecule has 2 N–H and O–H groups in total. The van der Waals surface area contributed by atoms with E-state index in [0.717, 1.165) is 18.4 Å². The van der Waals surface area contributed by atoms with Crippen LogP contribution in [0.4, 0.5) is 0 Å². The molecule has 5 heteroatoms. The zero-order chi connectivity index (χ0) is 14.8. The van der Waals surface area contributed by atoms with Crippen molar-refractivity contribution in [3.63, 3.8) is 0 Å². The van der Waals surface area contributed by atoms with Gasteiger partial charge < -0.3 is 5.11 Å². The molecule has 0 bridgehead atoms. The molecule has 0 aliphatic rings. The number of unbranched alkanes of at least 4 members (excludes halogenated alkanes) is 1. The van der Waals surface area contributed by atoms with Gasteiger partial charge in [0.1, 0.15) is 0 Å². The monoisotopic (exact) mass is 276 g/mol. The molecule has 0 unspecified atom stereocenters. The number of aliphatic carboxylic acids is 1. The summed E-state index contributed by atoms with van der Waals surface area (Å²) in [5.41, 5.74) is 3.90. The van der Waals surface area contributed by atoms with E-state index < -0.39 is 5.97 Å². The second kappa shape index (κ2) is 8.85. The first-order valence-corrected chi connectivity index (χ1v) is 6.76. The lowest BCUT2D eigenvalue weighted by molar-refractivity contribution is -0.136. The standard InChI is InChI=1S/C15H20N2O3/c1-2-3-9-14(18)17-16-13(10-11-15(19)20)12-7-5-4-6-8-12/h4-8H,2-3,9-11H2,1H3,(H,17,18)(H,19,20)/b16-13+. The molecule has 0 spiro atoms. The first kappa shape index (κ1) is 15.9. The maximum atomic E-state index is 11.5. The van der Waals surface area contributed by atoms with Gasteiger partial charge in [-0.2, -0.15) is 5.10 Å². The normalized spacial score (nSPS) is 11.2. The molecule has 1 aromatic rings. The zero-order valence-corrected chi connectivity index (χ0v) is 11.6. The van der Waals surface area contributed by atoms with E-state index in [1.807, 2.05) is 37.3 Å². The van der Waals surface area contributed by atoms with Gasteiger partial charge in [0.05, 0.1) is 12.1 Å². The summed E-state index contributed by atoms with van der Waals surface area (Å²) in [6.07, 6.45) is 2.46. The van der Waals surface area contributed by atoms with Crippen molar-refractivity contribution >= 4 is 17.6 Å². The molecule has 0 saturated heterocycles. The molecule has 0 aromatic heterocycles. The Balaban J connectivity index is 2.71. The molecular weight excluding hydrogens is 256 g/mol. The van der Waals surface area contributed by atoms with E-state index in [-0.39, 0.29) is 18.7 Å². The van der Waals surface area contributed by atoms with Crippen molar-refractivity contribution in [1.29, 1.82) is 0 Å². The Morgan fingerprint density at radius 2 is 1.85 bits per heavy atom. The second-order valence-corrected chi connectivity index (χ2v) is 4.46. The fourth-order valence-corrected chi connectivity index (χ4v) is 1.64. The van der Waals surface area contributed by atoms with Crippen LogP contribution in [0.15, 0.2) is 35.4 Å². The number of nitrogens with one attached hydrogen (secondary N) is 1. The van der Waals surface area contributed by atoms with Crippen LogP contribution in [0.1, 0.15) is 44.6 Å². The van der Waals surface area contributed by atoms with Gasteiger partial charge in [-0.05, 0) is 12.0 Å². The summed E-state index contributed by atoms with van der Waals surface area (Å²) in [5.74, 6) is -1.03. The van der Waals surface area contributed by atoms with Crippen LogP contribution in [0.5, 0.6) is 0 Å². The van der Waals surface area contributed by atoms with Crippen molar-refractivity contribution in [3.8, 4) is 0 Å². The summed E-state index contributed by atoms with van der Waals surface area (Å²) >= 11 is 0. The summed E-state index contributed by atoms with van der Waals surface area (Å²) in [4.78, 5) is 22.2. The third kappa shape index (κ3) is 6.13. The van der Waals surface area contributed by atoms with Gasteiger partial charge in [-0.15, -0.1) is 0 Å². The van der Waals surface area contributed by atoms with Crippen molar-refractivity contribution in [2.45, 2.75) is 39.0 Å². The predicted octanol–water partition coefficient (Wildman–Crippen LogP) is 2.56. The lowest BCUT2D eigenvalue weighted by Gasteiger charge is -2.06. The highest BCUT2D eigenvalue weighted by Crippen LogP contribution is 2.06. The number of carbonyl (C=O) groups excluding carboxylic acids is 1. The number of nitrogens with zero attached hydrogens (tertiary/aromatic N) is 1. The fraction of sp³-hybridized carbons (Fsp3) is 0.400. The van der Waals surface area contributed by atoms with Crippen molar-refractivity contribution in [2.24, 2.45) is 5.10 Å². The summed E-state index contributed by atoms with van der Waals surface area (Å²) in [6.45, 7) is 2.01. The smallest absolute Gasteiger partial charge is 0.303 e. The van der Waals surface area contributed by atoms with Gasteiger partial charge in [0.2, 0.25) is 5.91 Å². The van der Waals surface area contributed by atoms with Gasteiger partial charge in [0, 0.05) is 12.8 Å². The summed E-state index contributed by atoms with van der Waals surface area (Å²) in [6, 6.07) is 9.27. The van der Waals surface area contributed by atoms with Crippen molar-refractivity contribution in [3.05, 3.63) is 35.9 Å². The first-order valence-electron chi connectivity index (χ1n) is 6.76. The van der Waals surface area contributed by atoms with Gasteiger partial charge in [-0.3, -0.25) is 9.59 Å². The molecule has 0 atom stereocenters.